The second-order valence-electron chi connectivity index (χ2n) is 6.00. The van der Waals surface area contributed by atoms with Crippen molar-refractivity contribution in [1.82, 2.24) is 10.0 Å². The predicted molar refractivity (Wildman–Crippen MR) is 85.7 cm³/mol. The first-order chi connectivity index (χ1) is 11.3. The Morgan fingerprint density at radius 1 is 1.25 bits per heavy atom. The molecule has 0 aromatic carbocycles. The van der Waals surface area contributed by atoms with Crippen LogP contribution in [0.15, 0.2) is 22.8 Å². The third-order valence-corrected chi connectivity index (χ3v) is 5.67. The Bertz CT molecular complexity index is 662. The predicted octanol–water partition coefficient (Wildman–Crippen LogP) is 0.659. The maximum Gasteiger partial charge on any atom is 0.287 e. The van der Waals surface area contributed by atoms with Gasteiger partial charge in [-0.1, -0.05) is 13.8 Å². The molecule has 2 rings (SSSR count). The molecule has 0 aliphatic carbocycles. The average molecular weight is 358 g/mol. The highest BCUT2D eigenvalue weighted by molar-refractivity contribution is 7.90. The summed E-state index contributed by atoms with van der Waals surface area (Å²) in [5, 5.41) is 1.85. The minimum atomic E-state index is -3.80. The number of amides is 2. The average Bonchev–Trinajstić information content (AvgIpc) is 3.07. The van der Waals surface area contributed by atoms with E-state index in [-0.39, 0.29) is 11.7 Å². The van der Waals surface area contributed by atoms with Crippen molar-refractivity contribution in [3.8, 4) is 0 Å². The Kier molecular flexibility index (Phi) is 6.00. The van der Waals surface area contributed by atoms with E-state index in [4.69, 9.17) is 9.15 Å². The largest absolute Gasteiger partial charge is 0.459 e. The summed E-state index contributed by atoms with van der Waals surface area (Å²) < 4.78 is 36.8. The number of hydrogen-bond acceptors (Lipinski definition) is 6. The molecule has 1 aliphatic rings. The summed E-state index contributed by atoms with van der Waals surface area (Å²) in [4.78, 5) is 24.4. The molecule has 1 saturated heterocycles. The molecule has 0 radical (unpaired) electrons. The van der Waals surface area contributed by atoms with E-state index in [9.17, 15) is 18.0 Å². The van der Waals surface area contributed by atoms with E-state index < -0.39 is 33.1 Å². The molecule has 1 fully saturated rings. The van der Waals surface area contributed by atoms with Crippen molar-refractivity contribution in [1.29, 1.82) is 0 Å². The molecular weight excluding hydrogens is 336 g/mol. The van der Waals surface area contributed by atoms with E-state index in [1.165, 1.54) is 12.3 Å². The van der Waals surface area contributed by atoms with Gasteiger partial charge in [-0.05, 0) is 30.9 Å². The zero-order valence-corrected chi connectivity index (χ0v) is 14.5. The molecule has 24 heavy (non-hydrogen) atoms. The van der Waals surface area contributed by atoms with Crippen molar-refractivity contribution < 1.29 is 27.2 Å². The van der Waals surface area contributed by atoms with Crippen LogP contribution < -0.4 is 10.0 Å². The van der Waals surface area contributed by atoms with Crippen LogP contribution >= 0.6 is 0 Å². The zero-order valence-electron chi connectivity index (χ0n) is 13.7. The third-order valence-electron chi connectivity index (χ3n) is 3.83. The highest BCUT2D eigenvalue weighted by Gasteiger charge is 2.33. The number of carbonyl (C=O) groups is 2. The Hall–Kier alpha value is -1.87. The van der Waals surface area contributed by atoms with Gasteiger partial charge in [-0.15, -0.1) is 0 Å². The van der Waals surface area contributed by atoms with Crippen molar-refractivity contribution in [3.63, 3.8) is 0 Å². The minimum absolute atomic E-state index is 0.0562. The number of rotatable bonds is 6. The molecule has 2 heterocycles. The van der Waals surface area contributed by atoms with Crippen molar-refractivity contribution in [2.45, 2.75) is 38.0 Å². The fourth-order valence-corrected chi connectivity index (χ4v) is 3.82. The molecule has 1 aromatic rings. The molecular formula is C15H22N2O6S. The van der Waals surface area contributed by atoms with E-state index >= 15 is 0 Å². The van der Waals surface area contributed by atoms with Crippen LogP contribution in [0.5, 0.6) is 0 Å². The van der Waals surface area contributed by atoms with Gasteiger partial charge >= 0.3 is 0 Å². The molecule has 9 heteroatoms. The maximum absolute atomic E-state index is 12.4. The van der Waals surface area contributed by atoms with Gasteiger partial charge in [0.05, 0.1) is 11.5 Å². The molecule has 0 saturated carbocycles. The first kappa shape index (κ1) is 18.5. The Balaban J connectivity index is 2.04. The normalized spacial score (nSPS) is 17.5. The van der Waals surface area contributed by atoms with Gasteiger partial charge in [0.25, 0.3) is 11.8 Å². The Morgan fingerprint density at radius 3 is 2.46 bits per heavy atom. The number of hydrogen-bond donors (Lipinski definition) is 2. The van der Waals surface area contributed by atoms with Gasteiger partial charge in [0, 0.05) is 13.2 Å². The molecule has 134 valence electrons. The number of sulfonamides is 1. The summed E-state index contributed by atoms with van der Waals surface area (Å²) in [6.45, 7) is 4.13. The molecule has 8 nitrogen and oxygen atoms in total. The van der Waals surface area contributed by atoms with Gasteiger partial charge in [0.1, 0.15) is 6.04 Å². The number of furan rings is 1. The molecule has 1 atom stereocenters. The standard InChI is InChI=1S/C15H22N2O6S/c1-10(2)13(16-14(18)12-4-3-7-23-12)15(19)17-24(20,21)11-5-8-22-9-6-11/h3-4,7,10-11,13H,5-6,8-9H2,1-2H3,(H,16,18)(H,17,19)/t13-/m1/s1. The lowest BCUT2D eigenvalue weighted by Crippen LogP contribution is -2.53. The van der Waals surface area contributed by atoms with Gasteiger partial charge in [-0.2, -0.15) is 0 Å². The lowest BCUT2D eigenvalue weighted by molar-refractivity contribution is -0.122. The number of ether oxygens (including phenoxy) is 1. The lowest BCUT2D eigenvalue weighted by atomic mass is 10.0. The van der Waals surface area contributed by atoms with Crippen LogP contribution in [0.25, 0.3) is 0 Å². The quantitative estimate of drug-likeness (QED) is 0.772. The van der Waals surface area contributed by atoms with Gasteiger partial charge in [-0.25, -0.2) is 8.42 Å². The van der Waals surface area contributed by atoms with E-state index in [1.54, 1.807) is 19.9 Å². The van der Waals surface area contributed by atoms with Crippen LogP contribution in [-0.4, -0.2) is 44.7 Å². The highest BCUT2D eigenvalue weighted by atomic mass is 32.2. The molecule has 0 spiro atoms. The van der Waals surface area contributed by atoms with Gasteiger partial charge in [-0.3, -0.25) is 14.3 Å². The van der Waals surface area contributed by atoms with Crippen molar-refractivity contribution in [2.75, 3.05) is 13.2 Å². The van der Waals surface area contributed by atoms with E-state index in [0.717, 1.165) is 0 Å². The van der Waals surface area contributed by atoms with Gasteiger partial charge in [0.2, 0.25) is 10.0 Å². The highest BCUT2D eigenvalue weighted by Crippen LogP contribution is 2.15. The fraction of sp³-hybridized carbons (Fsp3) is 0.600. The smallest absolute Gasteiger partial charge is 0.287 e. The van der Waals surface area contributed by atoms with E-state index in [2.05, 4.69) is 10.0 Å². The summed E-state index contributed by atoms with van der Waals surface area (Å²) in [5.74, 6) is -1.57. The Labute approximate surface area is 141 Å². The number of carbonyl (C=O) groups excluding carboxylic acids is 2. The van der Waals surface area contributed by atoms with Crippen LogP contribution in [0.3, 0.4) is 0 Å². The van der Waals surface area contributed by atoms with Crippen LogP contribution in [0.4, 0.5) is 0 Å². The van der Waals surface area contributed by atoms with Crippen LogP contribution in [0.1, 0.15) is 37.2 Å². The van der Waals surface area contributed by atoms with E-state index in [1.807, 2.05) is 0 Å². The first-order valence-electron chi connectivity index (χ1n) is 7.79. The number of nitrogens with one attached hydrogen (secondary N) is 2. The molecule has 0 bridgehead atoms. The Morgan fingerprint density at radius 2 is 1.92 bits per heavy atom. The van der Waals surface area contributed by atoms with Gasteiger partial charge < -0.3 is 14.5 Å². The molecule has 0 unspecified atom stereocenters. The van der Waals surface area contributed by atoms with Crippen LogP contribution in [-0.2, 0) is 19.6 Å². The third kappa shape index (κ3) is 4.57. The molecule has 1 aliphatic heterocycles. The van der Waals surface area contributed by atoms with Crippen molar-refractivity contribution >= 4 is 21.8 Å². The van der Waals surface area contributed by atoms with Crippen molar-refractivity contribution in [2.24, 2.45) is 5.92 Å². The summed E-state index contributed by atoms with van der Waals surface area (Å²) in [6, 6.07) is 2.02. The fourth-order valence-electron chi connectivity index (χ4n) is 2.43. The SMILES string of the molecule is CC(C)[C@@H](NC(=O)c1ccco1)C(=O)NS(=O)(=O)C1CCOCC1. The summed E-state index contributed by atoms with van der Waals surface area (Å²) >= 11 is 0. The summed E-state index contributed by atoms with van der Waals surface area (Å²) in [5.41, 5.74) is 0. The summed E-state index contributed by atoms with van der Waals surface area (Å²) in [6.07, 6.45) is 2.02. The summed E-state index contributed by atoms with van der Waals surface area (Å²) in [7, 11) is -3.80. The molecule has 2 amide bonds. The second kappa shape index (κ2) is 7.80. The van der Waals surface area contributed by atoms with Crippen LogP contribution in [0, 0.1) is 5.92 Å². The lowest BCUT2D eigenvalue weighted by Gasteiger charge is -2.25. The topological polar surface area (TPSA) is 115 Å². The molecule has 2 N–H and O–H groups in total. The first-order valence-corrected chi connectivity index (χ1v) is 9.33. The van der Waals surface area contributed by atoms with Crippen molar-refractivity contribution in [3.05, 3.63) is 24.2 Å². The minimum Gasteiger partial charge on any atom is -0.459 e. The van der Waals surface area contributed by atoms with Crippen LogP contribution in [0.2, 0.25) is 0 Å². The van der Waals surface area contributed by atoms with Gasteiger partial charge in [0.15, 0.2) is 5.76 Å². The monoisotopic (exact) mass is 358 g/mol. The second-order valence-corrected chi connectivity index (χ2v) is 7.96. The molecule has 1 aromatic heterocycles. The maximum atomic E-state index is 12.4. The zero-order chi connectivity index (χ0) is 17.7. The van der Waals surface area contributed by atoms with E-state index in [0.29, 0.717) is 26.1 Å².